The molecule has 0 amide bonds. The van der Waals surface area contributed by atoms with Crippen LogP contribution in [-0.4, -0.2) is 27.8 Å². The summed E-state index contributed by atoms with van der Waals surface area (Å²) >= 11 is 6.19. The maximum atomic E-state index is 13.5. The van der Waals surface area contributed by atoms with Gasteiger partial charge in [0, 0.05) is 23.2 Å². The Morgan fingerprint density at radius 3 is 2.41 bits per heavy atom. The molecular weight excluding hydrogens is 455 g/mol. The van der Waals surface area contributed by atoms with Crippen LogP contribution in [0.1, 0.15) is 28.2 Å². The highest BCUT2D eigenvalue weighted by Gasteiger charge is 2.21. The van der Waals surface area contributed by atoms with Gasteiger partial charge in [-0.3, -0.25) is 4.79 Å². The zero-order chi connectivity index (χ0) is 24.2. The molecule has 0 bridgehead atoms. The highest BCUT2D eigenvalue weighted by atomic mass is 35.5. The van der Waals surface area contributed by atoms with E-state index in [0.29, 0.717) is 40.4 Å². The highest BCUT2D eigenvalue weighted by molar-refractivity contribution is 6.29. The van der Waals surface area contributed by atoms with Crippen molar-refractivity contribution in [2.75, 3.05) is 12.8 Å². The normalized spacial score (nSPS) is 10.8. The maximum Gasteiger partial charge on any atom is 0.185 e. The van der Waals surface area contributed by atoms with Crippen molar-refractivity contribution in [2.45, 2.75) is 19.8 Å². The number of benzene rings is 2. The van der Waals surface area contributed by atoms with Crippen LogP contribution in [0.25, 0.3) is 22.5 Å². The van der Waals surface area contributed by atoms with E-state index in [1.54, 1.807) is 38.3 Å². The molecule has 4 rings (SSSR count). The number of Topliss-reactive ketones (excluding diaryl/α,β-unsaturated/α-hetero) is 1. The quantitative estimate of drug-likeness (QED) is 0.271. The van der Waals surface area contributed by atoms with Gasteiger partial charge in [-0.15, -0.1) is 0 Å². The fourth-order valence-electron chi connectivity index (χ4n) is 3.70. The Morgan fingerprint density at radius 2 is 1.71 bits per heavy atom. The topological polar surface area (TPSA) is 91.0 Å². The van der Waals surface area contributed by atoms with E-state index < -0.39 is 0 Å². The van der Waals surface area contributed by atoms with E-state index in [-0.39, 0.29) is 34.7 Å². The fourth-order valence-corrected chi connectivity index (χ4v) is 3.96. The number of pyridine rings is 1. The number of carbonyl (C=O) groups is 1. The minimum Gasteiger partial charge on any atom is -0.496 e. The van der Waals surface area contributed by atoms with Gasteiger partial charge in [0.05, 0.1) is 18.5 Å². The Balaban J connectivity index is 1.76. The number of hydrogen-bond acceptors (Lipinski definition) is 6. The average Bonchev–Trinajstić information content (AvgIpc) is 2.82. The lowest BCUT2D eigenvalue weighted by Gasteiger charge is -2.14. The number of methoxy groups -OCH3 is 1. The van der Waals surface area contributed by atoms with E-state index in [2.05, 4.69) is 15.0 Å². The lowest BCUT2D eigenvalue weighted by Crippen LogP contribution is -2.12. The first kappa shape index (κ1) is 23.3. The van der Waals surface area contributed by atoms with E-state index in [1.165, 1.54) is 12.1 Å². The summed E-state index contributed by atoms with van der Waals surface area (Å²) in [4.78, 5) is 26.5. The van der Waals surface area contributed by atoms with Gasteiger partial charge in [0.1, 0.15) is 22.4 Å². The Hall–Kier alpha value is -3.84. The summed E-state index contributed by atoms with van der Waals surface area (Å²) < 4.78 is 18.9. The molecule has 0 spiro atoms. The summed E-state index contributed by atoms with van der Waals surface area (Å²) in [5.74, 6) is 0.0884. The zero-order valence-electron chi connectivity index (χ0n) is 18.7. The number of ether oxygens (including phenoxy) is 1. The number of nitrogen functional groups attached to an aromatic ring is 1. The van der Waals surface area contributed by atoms with Crippen LogP contribution in [0.15, 0.2) is 60.7 Å². The van der Waals surface area contributed by atoms with Crippen molar-refractivity contribution in [1.29, 1.82) is 0 Å². The molecule has 0 aliphatic rings. The molecule has 2 aromatic heterocycles. The molecule has 34 heavy (non-hydrogen) atoms. The molecule has 0 fully saturated rings. The Kier molecular flexibility index (Phi) is 6.84. The Bertz CT molecular complexity index is 1340. The molecular formula is C26H22ClFN4O2. The SMILES string of the molecule is COc1ccccc1CCC(=O)c1nc(-c2cc(C)nc(Cl)c2)c(-c2ccc(F)cc2)nc1N. The van der Waals surface area contributed by atoms with Gasteiger partial charge in [0.25, 0.3) is 0 Å². The maximum absolute atomic E-state index is 13.5. The minimum absolute atomic E-state index is 0.00461. The van der Waals surface area contributed by atoms with E-state index >= 15 is 0 Å². The number of carbonyl (C=O) groups excluding carboxylic acids is 1. The van der Waals surface area contributed by atoms with E-state index in [1.807, 2.05) is 24.3 Å². The third-order valence-corrected chi connectivity index (χ3v) is 5.51. The molecule has 2 heterocycles. The minimum atomic E-state index is -0.378. The summed E-state index contributed by atoms with van der Waals surface area (Å²) in [7, 11) is 1.59. The number of aryl methyl sites for hydroxylation is 2. The van der Waals surface area contributed by atoms with Crippen LogP contribution in [0.4, 0.5) is 10.2 Å². The Morgan fingerprint density at radius 1 is 1.00 bits per heavy atom. The summed E-state index contributed by atoms with van der Waals surface area (Å²) in [6.07, 6.45) is 0.629. The van der Waals surface area contributed by atoms with Gasteiger partial charge in [-0.05, 0) is 61.4 Å². The van der Waals surface area contributed by atoms with Crippen molar-refractivity contribution in [2.24, 2.45) is 0 Å². The molecule has 2 N–H and O–H groups in total. The van der Waals surface area contributed by atoms with Gasteiger partial charge >= 0.3 is 0 Å². The van der Waals surface area contributed by atoms with Crippen LogP contribution in [0.2, 0.25) is 5.15 Å². The molecule has 4 aromatic rings. The second-order valence-corrected chi connectivity index (χ2v) is 8.10. The van der Waals surface area contributed by atoms with Gasteiger partial charge in [-0.25, -0.2) is 19.3 Å². The van der Waals surface area contributed by atoms with Crippen molar-refractivity contribution in [3.05, 3.63) is 88.6 Å². The van der Waals surface area contributed by atoms with Crippen LogP contribution in [0.5, 0.6) is 5.75 Å². The predicted octanol–water partition coefficient (Wildman–Crippen LogP) is 5.71. The van der Waals surface area contributed by atoms with Crippen molar-refractivity contribution in [1.82, 2.24) is 15.0 Å². The number of rotatable bonds is 7. The number of ketones is 1. The molecule has 2 aromatic carbocycles. The van der Waals surface area contributed by atoms with Crippen LogP contribution in [0, 0.1) is 12.7 Å². The van der Waals surface area contributed by atoms with Gasteiger partial charge in [-0.1, -0.05) is 29.8 Å². The van der Waals surface area contributed by atoms with E-state index in [9.17, 15) is 9.18 Å². The first-order chi connectivity index (χ1) is 16.4. The molecule has 0 atom stereocenters. The van der Waals surface area contributed by atoms with Crippen molar-refractivity contribution < 1.29 is 13.9 Å². The lowest BCUT2D eigenvalue weighted by atomic mass is 10.0. The van der Waals surface area contributed by atoms with Crippen molar-refractivity contribution in [3.63, 3.8) is 0 Å². The molecule has 0 aliphatic heterocycles. The number of hydrogen-bond donors (Lipinski definition) is 1. The molecule has 0 radical (unpaired) electrons. The van der Waals surface area contributed by atoms with Crippen LogP contribution >= 0.6 is 11.6 Å². The van der Waals surface area contributed by atoms with Gasteiger partial charge in [0.2, 0.25) is 0 Å². The van der Waals surface area contributed by atoms with Crippen molar-refractivity contribution >= 4 is 23.2 Å². The number of anilines is 1. The Labute approximate surface area is 201 Å². The van der Waals surface area contributed by atoms with E-state index in [4.69, 9.17) is 22.1 Å². The standard InChI is InChI=1S/C26H22ClFN4O2/c1-15-13-18(14-22(27)30-15)24-23(17-7-10-19(28)11-8-17)32-26(29)25(31-24)20(33)12-9-16-5-3-4-6-21(16)34-2/h3-8,10-11,13-14H,9,12H2,1-2H3,(H2,29,32). The monoisotopic (exact) mass is 476 g/mol. The third kappa shape index (κ3) is 5.05. The highest BCUT2D eigenvalue weighted by Crippen LogP contribution is 2.33. The summed E-state index contributed by atoms with van der Waals surface area (Å²) in [6.45, 7) is 1.80. The predicted molar refractivity (Wildman–Crippen MR) is 130 cm³/mol. The molecule has 0 aliphatic carbocycles. The van der Waals surface area contributed by atoms with Crippen LogP contribution in [-0.2, 0) is 6.42 Å². The first-order valence-corrected chi connectivity index (χ1v) is 11.0. The summed E-state index contributed by atoms with van der Waals surface area (Å²) in [5.41, 5.74) is 9.91. The summed E-state index contributed by atoms with van der Waals surface area (Å²) in [6, 6.07) is 16.8. The second kappa shape index (κ2) is 9.97. The third-order valence-electron chi connectivity index (χ3n) is 5.31. The molecule has 0 unspecified atom stereocenters. The van der Waals surface area contributed by atoms with Crippen LogP contribution < -0.4 is 10.5 Å². The molecule has 0 saturated carbocycles. The average molecular weight is 477 g/mol. The van der Waals surface area contributed by atoms with Gasteiger partial charge in [0.15, 0.2) is 11.6 Å². The number of aromatic nitrogens is 3. The van der Waals surface area contributed by atoms with Crippen LogP contribution in [0.3, 0.4) is 0 Å². The zero-order valence-corrected chi connectivity index (χ0v) is 19.4. The number of para-hydroxylation sites is 1. The first-order valence-electron chi connectivity index (χ1n) is 10.6. The molecule has 172 valence electrons. The smallest absolute Gasteiger partial charge is 0.185 e. The number of halogens is 2. The molecule has 8 heteroatoms. The lowest BCUT2D eigenvalue weighted by molar-refractivity contribution is 0.0978. The van der Waals surface area contributed by atoms with Crippen molar-refractivity contribution in [3.8, 4) is 28.3 Å². The summed E-state index contributed by atoms with van der Waals surface area (Å²) in [5, 5.41) is 0.280. The fraction of sp³-hybridized carbons (Fsp3) is 0.154. The molecule has 0 saturated heterocycles. The van der Waals surface area contributed by atoms with Gasteiger partial charge in [-0.2, -0.15) is 0 Å². The number of nitrogens with two attached hydrogens (primary N) is 1. The van der Waals surface area contributed by atoms with E-state index in [0.717, 1.165) is 5.56 Å². The van der Waals surface area contributed by atoms with Gasteiger partial charge < -0.3 is 10.5 Å². The number of nitrogens with zero attached hydrogens (tertiary/aromatic N) is 3. The second-order valence-electron chi connectivity index (χ2n) is 7.72. The largest absolute Gasteiger partial charge is 0.496 e. The molecule has 6 nitrogen and oxygen atoms in total.